The van der Waals surface area contributed by atoms with Gasteiger partial charge >= 0.3 is 0 Å². The van der Waals surface area contributed by atoms with Crippen molar-refractivity contribution in [3.05, 3.63) is 0 Å². The molecule has 0 saturated heterocycles. The average molecular weight is 135 g/mol. The van der Waals surface area contributed by atoms with E-state index >= 15 is 0 Å². The van der Waals surface area contributed by atoms with Crippen LogP contribution in [-0.2, 0) is 4.79 Å². The van der Waals surface area contributed by atoms with Crippen LogP contribution in [0.15, 0.2) is 0 Å². The van der Waals surface area contributed by atoms with Gasteiger partial charge in [0.05, 0.1) is 0 Å². The Morgan fingerprint density at radius 3 is 2.50 bits per heavy atom. The number of halogens is 1. The molecule has 0 atom stereocenters. The highest BCUT2D eigenvalue weighted by atomic mass is 35.5. The van der Waals surface area contributed by atoms with Gasteiger partial charge in [0.2, 0.25) is 0 Å². The van der Waals surface area contributed by atoms with Gasteiger partial charge in [-0.25, -0.2) is 0 Å². The number of rotatable bonds is 4. The molecule has 0 aliphatic heterocycles. The van der Waals surface area contributed by atoms with Gasteiger partial charge < -0.3 is 4.79 Å². The molecule has 0 rings (SSSR count). The monoisotopic (exact) mass is 134 g/mol. The zero-order valence-electron chi connectivity index (χ0n) is 5.11. The quantitative estimate of drug-likeness (QED) is 0.425. The molecule has 0 unspecified atom stereocenters. The van der Waals surface area contributed by atoms with E-state index in [1.54, 1.807) is 6.92 Å². The topological polar surface area (TPSA) is 17.1 Å². The fourth-order valence-electron chi connectivity index (χ4n) is 0.468. The van der Waals surface area contributed by atoms with Gasteiger partial charge in [-0.3, -0.25) is 0 Å². The summed E-state index contributed by atoms with van der Waals surface area (Å²) in [5.41, 5.74) is 0. The minimum Gasteiger partial charge on any atom is -0.300 e. The van der Waals surface area contributed by atoms with Gasteiger partial charge in [0, 0.05) is 12.3 Å². The third-order valence-corrected chi connectivity index (χ3v) is 1.18. The molecular formula is C6H11ClO. The molecule has 1 nitrogen and oxygen atoms in total. The van der Waals surface area contributed by atoms with E-state index in [0.717, 1.165) is 12.8 Å². The smallest absolute Gasteiger partial charge is 0.129 e. The van der Waals surface area contributed by atoms with Gasteiger partial charge in [-0.1, -0.05) is 0 Å². The Balaban J connectivity index is 2.82. The lowest BCUT2D eigenvalue weighted by atomic mass is 10.2. The second kappa shape index (κ2) is 5.10. The lowest BCUT2D eigenvalue weighted by Crippen LogP contribution is -1.88. The predicted octanol–water partition coefficient (Wildman–Crippen LogP) is 1.98. The molecule has 0 radical (unpaired) electrons. The van der Waals surface area contributed by atoms with Crippen LogP contribution in [0.25, 0.3) is 0 Å². The SMILES string of the molecule is CC(=O)CCCCCl. The summed E-state index contributed by atoms with van der Waals surface area (Å²) in [4.78, 5) is 10.3. The Labute approximate surface area is 55.0 Å². The minimum absolute atomic E-state index is 0.259. The fourth-order valence-corrected chi connectivity index (χ4v) is 0.657. The lowest BCUT2D eigenvalue weighted by Gasteiger charge is -1.89. The van der Waals surface area contributed by atoms with Crippen LogP contribution in [0, 0.1) is 0 Å². The lowest BCUT2D eigenvalue weighted by molar-refractivity contribution is -0.117. The van der Waals surface area contributed by atoms with E-state index in [9.17, 15) is 4.79 Å². The molecule has 0 aromatic carbocycles. The van der Waals surface area contributed by atoms with Crippen molar-refractivity contribution in [3.8, 4) is 0 Å². The van der Waals surface area contributed by atoms with Gasteiger partial charge in [-0.05, 0) is 19.8 Å². The van der Waals surface area contributed by atoms with Crippen molar-refractivity contribution in [2.45, 2.75) is 26.2 Å². The summed E-state index contributed by atoms with van der Waals surface area (Å²) in [5.74, 6) is 0.933. The molecule has 0 aliphatic carbocycles. The predicted molar refractivity (Wildman–Crippen MR) is 35.3 cm³/mol. The van der Waals surface area contributed by atoms with Crippen molar-refractivity contribution < 1.29 is 4.79 Å². The molecule has 0 saturated carbocycles. The summed E-state index contributed by atoms with van der Waals surface area (Å²) in [7, 11) is 0. The van der Waals surface area contributed by atoms with Crippen molar-refractivity contribution in [3.63, 3.8) is 0 Å². The Morgan fingerprint density at radius 2 is 2.12 bits per heavy atom. The number of carbonyl (C=O) groups excluding carboxylic acids is 1. The van der Waals surface area contributed by atoms with Crippen LogP contribution in [0.3, 0.4) is 0 Å². The van der Waals surface area contributed by atoms with Crippen molar-refractivity contribution in [1.29, 1.82) is 0 Å². The standard InChI is InChI=1S/C6H11ClO/c1-6(8)4-2-3-5-7/h2-5H2,1H3. The molecule has 2 heteroatoms. The summed E-state index contributed by atoms with van der Waals surface area (Å²) in [6.45, 7) is 1.61. The average Bonchev–Trinajstić information content (AvgIpc) is 1.66. The van der Waals surface area contributed by atoms with E-state index in [1.807, 2.05) is 0 Å². The van der Waals surface area contributed by atoms with Gasteiger partial charge in [0.15, 0.2) is 0 Å². The highest BCUT2D eigenvalue weighted by molar-refractivity contribution is 6.17. The summed E-state index contributed by atoms with van der Waals surface area (Å²) < 4.78 is 0. The second-order valence-electron chi connectivity index (χ2n) is 1.85. The molecule has 48 valence electrons. The zero-order chi connectivity index (χ0) is 6.41. The zero-order valence-corrected chi connectivity index (χ0v) is 5.87. The van der Waals surface area contributed by atoms with Gasteiger partial charge in [-0.15, -0.1) is 11.6 Å². The first-order valence-corrected chi connectivity index (χ1v) is 3.36. The summed E-state index contributed by atoms with van der Waals surface area (Å²) >= 11 is 5.37. The van der Waals surface area contributed by atoms with Crippen LogP contribution in [0.5, 0.6) is 0 Å². The van der Waals surface area contributed by atoms with Crippen LogP contribution in [0.4, 0.5) is 0 Å². The van der Waals surface area contributed by atoms with Crippen molar-refractivity contribution in [1.82, 2.24) is 0 Å². The van der Waals surface area contributed by atoms with Crippen LogP contribution in [0.1, 0.15) is 26.2 Å². The first-order chi connectivity index (χ1) is 3.77. The van der Waals surface area contributed by atoms with Crippen molar-refractivity contribution >= 4 is 17.4 Å². The Morgan fingerprint density at radius 1 is 1.50 bits per heavy atom. The third-order valence-electron chi connectivity index (χ3n) is 0.912. The number of carbonyl (C=O) groups is 1. The Kier molecular flexibility index (Phi) is 5.08. The first kappa shape index (κ1) is 7.96. The van der Waals surface area contributed by atoms with Gasteiger partial charge in [0.1, 0.15) is 5.78 Å². The maximum atomic E-state index is 10.3. The van der Waals surface area contributed by atoms with Crippen LogP contribution >= 0.6 is 11.6 Å². The summed E-state index contributed by atoms with van der Waals surface area (Å²) in [6.07, 6.45) is 2.59. The van der Waals surface area contributed by atoms with E-state index < -0.39 is 0 Å². The Bertz CT molecular complexity index is 70.9. The van der Waals surface area contributed by atoms with Crippen molar-refractivity contribution in [2.75, 3.05) is 5.88 Å². The van der Waals surface area contributed by atoms with Crippen LogP contribution < -0.4 is 0 Å². The minimum atomic E-state index is 0.259. The second-order valence-corrected chi connectivity index (χ2v) is 2.23. The maximum absolute atomic E-state index is 10.3. The van der Waals surface area contributed by atoms with Gasteiger partial charge in [-0.2, -0.15) is 0 Å². The third kappa shape index (κ3) is 5.96. The van der Waals surface area contributed by atoms with Crippen LogP contribution in [-0.4, -0.2) is 11.7 Å². The Hall–Kier alpha value is -0.0400. The summed E-state index contributed by atoms with van der Waals surface area (Å²) in [6, 6.07) is 0. The molecular weight excluding hydrogens is 124 g/mol. The van der Waals surface area contributed by atoms with E-state index in [4.69, 9.17) is 11.6 Å². The van der Waals surface area contributed by atoms with E-state index in [-0.39, 0.29) is 5.78 Å². The summed E-state index contributed by atoms with van der Waals surface area (Å²) in [5, 5.41) is 0. The fraction of sp³-hybridized carbons (Fsp3) is 0.833. The number of hydrogen-bond donors (Lipinski definition) is 0. The number of hydrogen-bond acceptors (Lipinski definition) is 1. The molecule has 0 aromatic heterocycles. The van der Waals surface area contributed by atoms with E-state index in [1.165, 1.54) is 0 Å². The maximum Gasteiger partial charge on any atom is 0.129 e. The molecule has 0 bridgehead atoms. The highest BCUT2D eigenvalue weighted by Gasteiger charge is 1.90. The molecule has 0 amide bonds. The normalized spacial score (nSPS) is 9.25. The van der Waals surface area contributed by atoms with E-state index in [0.29, 0.717) is 12.3 Å². The molecule has 0 N–H and O–H groups in total. The molecule has 0 aliphatic rings. The highest BCUT2D eigenvalue weighted by Crippen LogP contribution is 1.96. The molecule has 0 fully saturated rings. The van der Waals surface area contributed by atoms with Crippen molar-refractivity contribution in [2.24, 2.45) is 0 Å². The number of ketones is 1. The molecule has 0 heterocycles. The number of alkyl halides is 1. The van der Waals surface area contributed by atoms with E-state index in [2.05, 4.69) is 0 Å². The van der Waals surface area contributed by atoms with Gasteiger partial charge in [0.25, 0.3) is 0 Å². The molecule has 0 aromatic rings. The molecule has 0 spiro atoms. The van der Waals surface area contributed by atoms with Crippen LogP contribution in [0.2, 0.25) is 0 Å². The largest absolute Gasteiger partial charge is 0.300 e. The molecule has 8 heavy (non-hydrogen) atoms. The number of unbranched alkanes of at least 4 members (excludes halogenated alkanes) is 1. The first-order valence-electron chi connectivity index (χ1n) is 2.82. The number of Topliss-reactive ketones (excluding diaryl/α,β-unsaturated/α-hetero) is 1.